The molecule has 0 aromatic heterocycles. The minimum Gasteiger partial charge on any atom is -0.508 e. The van der Waals surface area contributed by atoms with E-state index < -0.39 is 120 Å². The molecule has 0 unspecified atom stereocenters. The van der Waals surface area contributed by atoms with Gasteiger partial charge in [-0.3, -0.25) is 43.3 Å². The van der Waals surface area contributed by atoms with E-state index in [1.807, 2.05) is 0 Å². The zero-order valence-electron chi connectivity index (χ0n) is 41.8. The highest BCUT2D eigenvalue weighted by Gasteiger charge is 2.40. The quantitative estimate of drug-likeness (QED) is 0.0199. The number of aliphatic imine (C=N–C) groups is 1. The zero-order valence-corrected chi connectivity index (χ0v) is 41.8. The van der Waals surface area contributed by atoms with Crippen LogP contribution in [0.25, 0.3) is 0 Å². The van der Waals surface area contributed by atoms with E-state index in [9.17, 15) is 63.6 Å². The van der Waals surface area contributed by atoms with E-state index in [-0.39, 0.29) is 63.3 Å². The van der Waals surface area contributed by atoms with Crippen LogP contribution in [0.4, 0.5) is 0 Å². The van der Waals surface area contributed by atoms with Crippen molar-refractivity contribution in [1.82, 2.24) is 42.1 Å². The molecule has 1 aliphatic rings. The molecule has 2 aromatic carbocycles. The van der Waals surface area contributed by atoms with Crippen molar-refractivity contribution in [3.63, 3.8) is 0 Å². The van der Waals surface area contributed by atoms with Gasteiger partial charge in [-0.15, -0.1) is 0 Å². The van der Waals surface area contributed by atoms with Crippen molar-refractivity contribution in [3.8, 4) is 5.75 Å². The van der Waals surface area contributed by atoms with Gasteiger partial charge in [0.25, 0.3) is 0 Å². The van der Waals surface area contributed by atoms with E-state index in [2.05, 4.69) is 42.2 Å². The second-order valence-electron chi connectivity index (χ2n) is 18.1. The first-order chi connectivity index (χ1) is 35.1. The number of benzene rings is 2. The standard InChI is InChI=1S/C48H73N13O13/c1-26(50)39(65)60-38(28(3)63)45(71)58-34(24-30-16-18-31(64)19-17-30)42(68)54-27(2)40(66)59-36(25-62)46(72)61-22-10-15-37(61)44(70)55-32(14-9-21-53-48(51)52)41(67)57-35(23-29-11-5-4-6-12-29)43(69)56-33(47(73)74)13-7-8-20-49/h4-6,11-12,16-19,26-28,32-38,62-64H,7-10,13-15,20-25,49-50H2,1-3H3,(H,54,68)(H,55,70)(H,56,69)(H,57,67)(H,58,71)(H,59,66)(H,60,65)(H,73,74)(H4,51,52,53)/t26-,27-,28+,32-,33-,34-,35-,36-,37-,38-/m0/s1. The van der Waals surface area contributed by atoms with Crippen molar-refractivity contribution < 1.29 is 63.6 Å². The van der Waals surface area contributed by atoms with Crippen molar-refractivity contribution in [1.29, 1.82) is 0 Å². The summed E-state index contributed by atoms with van der Waals surface area (Å²) < 4.78 is 0. The van der Waals surface area contributed by atoms with E-state index >= 15 is 0 Å². The van der Waals surface area contributed by atoms with Gasteiger partial charge in [-0.1, -0.05) is 42.5 Å². The monoisotopic (exact) mass is 1040 g/mol. The largest absolute Gasteiger partial charge is 0.508 e. The molecule has 0 aliphatic carbocycles. The number of phenols is 1. The Hall–Kier alpha value is -7.42. The number of aromatic hydroxyl groups is 1. The Morgan fingerprint density at radius 1 is 0.676 bits per heavy atom. The highest BCUT2D eigenvalue weighted by molar-refractivity contribution is 5.98. The predicted molar refractivity (Wildman–Crippen MR) is 269 cm³/mol. The number of aliphatic carboxylic acids is 1. The molecular weight excluding hydrogens is 967 g/mol. The number of phenolic OH excluding ortho intramolecular Hbond substituents is 1. The third-order valence-corrected chi connectivity index (χ3v) is 11.9. The van der Waals surface area contributed by atoms with Crippen LogP contribution < -0.4 is 60.2 Å². The molecule has 0 saturated carbocycles. The average molecular weight is 1040 g/mol. The van der Waals surface area contributed by atoms with Gasteiger partial charge in [-0.05, 0) is 95.5 Å². The Morgan fingerprint density at radius 3 is 1.80 bits per heavy atom. The summed E-state index contributed by atoms with van der Waals surface area (Å²) in [6.45, 7) is 3.29. The number of guanidine groups is 1. The highest BCUT2D eigenvalue weighted by Crippen LogP contribution is 2.20. The van der Waals surface area contributed by atoms with Crippen LogP contribution in [0.2, 0.25) is 0 Å². The molecule has 26 heteroatoms. The fraction of sp³-hybridized carbons (Fsp3) is 0.542. The molecule has 0 radical (unpaired) electrons. The molecule has 0 bridgehead atoms. The number of carbonyl (C=O) groups excluding carboxylic acids is 8. The lowest BCUT2D eigenvalue weighted by atomic mass is 10.0. The van der Waals surface area contributed by atoms with Crippen LogP contribution in [0.3, 0.4) is 0 Å². The Kier molecular flexibility index (Phi) is 25.2. The summed E-state index contributed by atoms with van der Waals surface area (Å²) in [5.74, 6) is -8.44. The molecule has 3 rings (SSSR count). The number of rotatable bonds is 30. The van der Waals surface area contributed by atoms with Gasteiger partial charge in [0, 0.05) is 25.9 Å². The molecular formula is C48H73N13O13. The molecule has 2 aromatic rings. The highest BCUT2D eigenvalue weighted by atomic mass is 16.4. The number of hydrogen-bond acceptors (Lipinski definition) is 15. The number of amides is 8. The van der Waals surface area contributed by atoms with E-state index in [0.717, 1.165) is 4.90 Å². The molecule has 10 atom stereocenters. The first kappa shape index (κ1) is 60.9. The third-order valence-electron chi connectivity index (χ3n) is 11.9. The van der Waals surface area contributed by atoms with Crippen LogP contribution >= 0.6 is 0 Å². The zero-order chi connectivity index (χ0) is 55.1. The van der Waals surface area contributed by atoms with Gasteiger partial charge in [0.1, 0.15) is 54.1 Å². The van der Waals surface area contributed by atoms with Gasteiger partial charge in [-0.2, -0.15) is 0 Å². The molecule has 19 N–H and O–H groups in total. The number of aliphatic hydroxyl groups is 2. The lowest BCUT2D eigenvalue weighted by Crippen LogP contribution is -2.61. The number of nitrogens with one attached hydrogen (secondary N) is 7. The fourth-order valence-electron chi connectivity index (χ4n) is 7.79. The second kappa shape index (κ2) is 30.6. The van der Waals surface area contributed by atoms with E-state index in [0.29, 0.717) is 36.9 Å². The topological polar surface area (TPSA) is 438 Å². The van der Waals surface area contributed by atoms with Gasteiger partial charge < -0.3 is 85.5 Å². The molecule has 1 aliphatic heterocycles. The number of nitrogens with zero attached hydrogens (tertiary/aromatic N) is 2. The summed E-state index contributed by atoms with van der Waals surface area (Å²) in [5, 5.41) is 57.8. The molecule has 26 nitrogen and oxygen atoms in total. The average Bonchev–Trinajstić information content (AvgIpc) is 3.86. The van der Waals surface area contributed by atoms with Crippen LogP contribution in [-0.2, 0) is 56.0 Å². The molecule has 0 spiro atoms. The van der Waals surface area contributed by atoms with Crippen LogP contribution in [0.15, 0.2) is 59.6 Å². The van der Waals surface area contributed by atoms with Crippen LogP contribution in [0, 0.1) is 0 Å². The van der Waals surface area contributed by atoms with Gasteiger partial charge in [0.05, 0.1) is 18.8 Å². The molecule has 1 saturated heterocycles. The van der Waals surface area contributed by atoms with E-state index in [1.54, 1.807) is 30.3 Å². The first-order valence-electron chi connectivity index (χ1n) is 24.3. The normalized spacial score (nSPS) is 16.7. The number of aliphatic hydroxyl groups excluding tert-OH is 2. The fourth-order valence-corrected chi connectivity index (χ4v) is 7.79. The lowest BCUT2D eigenvalue weighted by Gasteiger charge is -2.30. The number of nitrogens with two attached hydrogens (primary N) is 4. The second-order valence-corrected chi connectivity index (χ2v) is 18.1. The summed E-state index contributed by atoms with van der Waals surface area (Å²) in [6, 6.07) is 2.06. The minimum absolute atomic E-state index is 0.00299. The Bertz CT molecular complexity index is 2250. The molecule has 408 valence electrons. The maximum Gasteiger partial charge on any atom is 0.326 e. The summed E-state index contributed by atoms with van der Waals surface area (Å²) >= 11 is 0. The number of likely N-dealkylation sites (tertiary alicyclic amines) is 1. The van der Waals surface area contributed by atoms with Crippen molar-refractivity contribution in [2.45, 2.75) is 139 Å². The van der Waals surface area contributed by atoms with Crippen LogP contribution in [-0.4, -0.2) is 171 Å². The lowest BCUT2D eigenvalue weighted by molar-refractivity contribution is -0.143. The summed E-state index contributed by atoms with van der Waals surface area (Å²) in [4.78, 5) is 126. The Balaban J connectivity index is 1.80. The first-order valence-corrected chi connectivity index (χ1v) is 24.3. The number of carbonyl (C=O) groups is 9. The van der Waals surface area contributed by atoms with E-state index in [1.165, 1.54) is 45.0 Å². The van der Waals surface area contributed by atoms with Crippen LogP contribution in [0.5, 0.6) is 5.75 Å². The molecule has 74 heavy (non-hydrogen) atoms. The third kappa shape index (κ3) is 19.9. The smallest absolute Gasteiger partial charge is 0.326 e. The Morgan fingerprint density at radius 2 is 1.23 bits per heavy atom. The number of carboxylic acid groups (broad SMARTS) is 1. The summed E-state index contributed by atoms with van der Waals surface area (Å²) in [6.07, 6.45) is -0.153. The predicted octanol–water partition coefficient (Wildman–Crippen LogP) is -4.43. The summed E-state index contributed by atoms with van der Waals surface area (Å²) in [5.41, 5.74) is 23.3. The Labute approximate surface area is 428 Å². The van der Waals surface area contributed by atoms with Crippen molar-refractivity contribution >= 4 is 59.2 Å². The maximum absolute atomic E-state index is 14.1. The summed E-state index contributed by atoms with van der Waals surface area (Å²) in [7, 11) is 0. The number of unbranched alkanes of at least 4 members (excludes halogenated alkanes) is 1. The van der Waals surface area contributed by atoms with Gasteiger partial charge in [-0.25, -0.2) is 4.79 Å². The maximum atomic E-state index is 14.1. The van der Waals surface area contributed by atoms with Crippen molar-refractivity contribution in [3.05, 3.63) is 65.7 Å². The number of carboxylic acids is 1. The molecule has 1 fully saturated rings. The van der Waals surface area contributed by atoms with Gasteiger partial charge in [0.2, 0.25) is 47.3 Å². The van der Waals surface area contributed by atoms with Gasteiger partial charge in [0.15, 0.2) is 5.96 Å². The van der Waals surface area contributed by atoms with E-state index in [4.69, 9.17) is 22.9 Å². The van der Waals surface area contributed by atoms with Crippen molar-refractivity contribution in [2.75, 3.05) is 26.2 Å². The molecule has 8 amide bonds. The van der Waals surface area contributed by atoms with Gasteiger partial charge >= 0.3 is 5.97 Å². The SMILES string of the molecule is C[C@H](N)C(=O)N[C@H](C(=O)N[C@@H](Cc1ccc(O)cc1)C(=O)N[C@@H](C)C(=O)N[C@@H](CO)C(=O)N1CCC[C@H]1C(=O)N[C@@H](CCCN=C(N)N)C(=O)N[C@@H](Cc1ccccc1)C(=O)N[C@@H](CCCCN)C(=O)O)[C@@H](C)O. The molecule has 1 heterocycles. The van der Waals surface area contributed by atoms with Crippen molar-refractivity contribution in [2.24, 2.45) is 27.9 Å². The van der Waals surface area contributed by atoms with Crippen LogP contribution in [0.1, 0.15) is 76.8 Å². The number of hydrogen-bond donors (Lipinski definition) is 15. The minimum atomic E-state index is -1.64.